The average Bonchev–Trinajstić information content (AvgIpc) is 2.44. The van der Waals surface area contributed by atoms with Gasteiger partial charge in [-0.15, -0.1) is 0 Å². The summed E-state index contributed by atoms with van der Waals surface area (Å²) in [6.07, 6.45) is 4.67. The maximum atomic E-state index is 12.3. The molecule has 0 aliphatic rings. The smallest absolute Gasteiger partial charge is 0.242 e. The lowest BCUT2D eigenvalue weighted by Gasteiger charge is -2.22. The van der Waals surface area contributed by atoms with Crippen LogP contribution in [-0.2, 0) is 16.0 Å². The molecule has 1 aromatic heterocycles. The minimum Gasteiger partial charge on any atom is -0.354 e. The third-order valence-corrected chi connectivity index (χ3v) is 3.29. The summed E-state index contributed by atoms with van der Waals surface area (Å²) in [5.74, 6) is 0.128. The topological polar surface area (TPSA) is 71.1 Å². The van der Waals surface area contributed by atoms with Crippen molar-refractivity contribution in [1.29, 1.82) is 0 Å². The predicted octanol–water partition coefficient (Wildman–Crippen LogP) is 1.93. The molecule has 0 aliphatic carbocycles. The van der Waals surface area contributed by atoms with Crippen LogP contribution in [0.4, 0.5) is 0 Å². The van der Waals surface area contributed by atoms with E-state index in [0.29, 0.717) is 13.0 Å². The van der Waals surface area contributed by atoms with Crippen LogP contribution in [0.5, 0.6) is 0 Å². The lowest BCUT2D eigenvalue weighted by molar-refractivity contribution is -0.130. The van der Waals surface area contributed by atoms with Crippen LogP contribution in [0.2, 0.25) is 0 Å². The summed E-state index contributed by atoms with van der Waals surface area (Å²) in [6, 6.07) is 3.36. The normalized spacial score (nSPS) is 12.3. The van der Waals surface area contributed by atoms with Crippen LogP contribution < -0.4 is 10.6 Å². The van der Waals surface area contributed by atoms with Crippen LogP contribution in [0, 0.1) is 11.8 Å². The van der Waals surface area contributed by atoms with E-state index in [4.69, 9.17) is 0 Å². The van der Waals surface area contributed by atoms with E-state index in [0.717, 1.165) is 12.0 Å². The Morgan fingerprint density at radius 3 is 2.50 bits per heavy atom. The van der Waals surface area contributed by atoms with Crippen molar-refractivity contribution in [2.45, 2.75) is 46.6 Å². The molecule has 2 amide bonds. The number of pyridine rings is 1. The second-order valence-electron chi connectivity index (χ2n) is 6.29. The fourth-order valence-electron chi connectivity index (χ4n) is 2.12. The zero-order chi connectivity index (χ0) is 16.5. The first-order valence-electron chi connectivity index (χ1n) is 7.86. The summed E-state index contributed by atoms with van der Waals surface area (Å²) in [4.78, 5) is 28.2. The number of hydrogen-bond donors (Lipinski definition) is 2. The van der Waals surface area contributed by atoms with Crippen LogP contribution in [0.25, 0.3) is 0 Å². The van der Waals surface area contributed by atoms with Gasteiger partial charge in [0.05, 0.1) is 0 Å². The molecular formula is C17H27N3O2. The molecule has 0 fully saturated rings. The van der Waals surface area contributed by atoms with E-state index in [1.165, 1.54) is 0 Å². The second-order valence-corrected chi connectivity index (χ2v) is 6.29. The maximum absolute atomic E-state index is 12.3. The number of nitrogens with zero attached hydrogens (tertiary/aromatic N) is 1. The van der Waals surface area contributed by atoms with E-state index in [-0.39, 0.29) is 23.7 Å². The number of aromatic nitrogens is 1. The van der Waals surface area contributed by atoms with Crippen molar-refractivity contribution >= 4 is 11.8 Å². The molecule has 0 saturated carbocycles. The van der Waals surface area contributed by atoms with Crippen molar-refractivity contribution in [3.8, 4) is 0 Å². The summed E-state index contributed by atoms with van der Waals surface area (Å²) in [7, 11) is 0. The fraction of sp³-hybridized carbons (Fsp3) is 0.588. The Labute approximate surface area is 132 Å². The zero-order valence-electron chi connectivity index (χ0n) is 13.9. The summed E-state index contributed by atoms with van der Waals surface area (Å²) in [5.41, 5.74) is 1.08. The number of carbonyl (C=O) groups excluding carboxylic acids is 2. The van der Waals surface area contributed by atoms with Crippen molar-refractivity contribution in [2.75, 3.05) is 6.54 Å². The summed E-state index contributed by atoms with van der Waals surface area (Å²) in [5, 5.41) is 5.72. The highest BCUT2D eigenvalue weighted by Gasteiger charge is 2.23. The third kappa shape index (κ3) is 6.70. The summed E-state index contributed by atoms with van der Waals surface area (Å²) < 4.78 is 0. The first-order chi connectivity index (χ1) is 10.4. The number of amides is 2. The molecule has 2 N–H and O–H groups in total. The Balaban J connectivity index is 2.46. The molecule has 0 aliphatic heterocycles. The van der Waals surface area contributed by atoms with E-state index >= 15 is 0 Å². The first-order valence-corrected chi connectivity index (χ1v) is 7.86. The van der Waals surface area contributed by atoms with E-state index < -0.39 is 6.04 Å². The molecule has 0 saturated heterocycles. The SMILES string of the molecule is CC(C)CC(=O)NC(C(=O)NCCc1cccnc1)C(C)C. The molecule has 122 valence electrons. The number of hydrogen-bond acceptors (Lipinski definition) is 3. The average molecular weight is 305 g/mol. The van der Waals surface area contributed by atoms with Gasteiger partial charge in [-0.25, -0.2) is 0 Å². The van der Waals surface area contributed by atoms with Crippen molar-refractivity contribution in [3.05, 3.63) is 30.1 Å². The van der Waals surface area contributed by atoms with Crippen molar-refractivity contribution in [2.24, 2.45) is 11.8 Å². The van der Waals surface area contributed by atoms with Gasteiger partial charge in [0.25, 0.3) is 0 Å². The van der Waals surface area contributed by atoms with Crippen molar-refractivity contribution < 1.29 is 9.59 Å². The Morgan fingerprint density at radius 1 is 1.23 bits per heavy atom. The van der Waals surface area contributed by atoms with E-state index in [1.54, 1.807) is 12.4 Å². The predicted molar refractivity (Wildman–Crippen MR) is 87.2 cm³/mol. The zero-order valence-corrected chi connectivity index (χ0v) is 13.9. The minimum absolute atomic E-state index is 0.0505. The van der Waals surface area contributed by atoms with Gasteiger partial charge in [0.15, 0.2) is 0 Å². The standard InChI is InChI=1S/C17H27N3O2/c1-12(2)10-15(21)20-16(13(3)4)17(22)19-9-7-14-6-5-8-18-11-14/h5-6,8,11-13,16H,7,9-10H2,1-4H3,(H,19,22)(H,20,21). The third-order valence-electron chi connectivity index (χ3n) is 3.29. The van der Waals surface area contributed by atoms with Gasteiger partial charge >= 0.3 is 0 Å². The largest absolute Gasteiger partial charge is 0.354 e. The quantitative estimate of drug-likeness (QED) is 0.771. The van der Waals surface area contributed by atoms with Gasteiger partial charge in [0.2, 0.25) is 11.8 Å². The molecule has 0 spiro atoms. The molecule has 1 unspecified atom stereocenters. The van der Waals surface area contributed by atoms with Gasteiger partial charge in [-0.1, -0.05) is 33.8 Å². The molecule has 1 atom stereocenters. The maximum Gasteiger partial charge on any atom is 0.242 e. The number of rotatable bonds is 8. The van der Waals surface area contributed by atoms with Crippen molar-refractivity contribution in [3.63, 3.8) is 0 Å². The lowest BCUT2D eigenvalue weighted by Crippen LogP contribution is -2.50. The van der Waals surface area contributed by atoms with Crippen LogP contribution >= 0.6 is 0 Å². The Kier molecular flexibility index (Phi) is 7.57. The highest BCUT2D eigenvalue weighted by atomic mass is 16.2. The van der Waals surface area contributed by atoms with Crippen LogP contribution in [-0.4, -0.2) is 29.4 Å². The molecule has 22 heavy (non-hydrogen) atoms. The van der Waals surface area contributed by atoms with Gasteiger partial charge in [0.1, 0.15) is 6.04 Å². The molecule has 0 aromatic carbocycles. The van der Waals surface area contributed by atoms with Gasteiger partial charge in [-0.3, -0.25) is 14.6 Å². The van der Waals surface area contributed by atoms with Gasteiger partial charge < -0.3 is 10.6 Å². The number of nitrogens with one attached hydrogen (secondary N) is 2. The summed E-state index contributed by atoms with van der Waals surface area (Å²) >= 11 is 0. The highest BCUT2D eigenvalue weighted by Crippen LogP contribution is 2.05. The van der Waals surface area contributed by atoms with Gasteiger partial charge in [0, 0.05) is 25.4 Å². The van der Waals surface area contributed by atoms with E-state index in [2.05, 4.69) is 15.6 Å². The monoisotopic (exact) mass is 305 g/mol. The molecule has 5 heteroatoms. The Hall–Kier alpha value is -1.91. The second kappa shape index (κ2) is 9.18. The van der Waals surface area contributed by atoms with E-state index in [9.17, 15) is 9.59 Å². The van der Waals surface area contributed by atoms with Crippen LogP contribution in [0.3, 0.4) is 0 Å². The molecule has 1 aromatic rings. The molecule has 0 radical (unpaired) electrons. The van der Waals surface area contributed by atoms with Crippen LogP contribution in [0.1, 0.15) is 39.7 Å². The van der Waals surface area contributed by atoms with Gasteiger partial charge in [-0.05, 0) is 29.9 Å². The first kappa shape index (κ1) is 18.1. The Morgan fingerprint density at radius 2 is 1.95 bits per heavy atom. The molecule has 1 heterocycles. The van der Waals surface area contributed by atoms with Crippen LogP contribution in [0.15, 0.2) is 24.5 Å². The van der Waals surface area contributed by atoms with E-state index in [1.807, 2.05) is 39.8 Å². The molecule has 0 bridgehead atoms. The Bertz CT molecular complexity index is 472. The summed E-state index contributed by atoms with van der Waals surface area (Å²) in [6.45, 7) is 8.37. The fourth-order valence-corrected chi connectivity index (χ4v) is 2.12. The molecule has 5 nitrogen and oxygen atoms in total. The van der Waals surface area contributed by atoms with Gasteiger partial charge in [-0.2, -0.15) is 0 Å². The number of carbonyl (C=O) groups is 2. The minimum atomic E-state index is -0.486. The molecular weight excluding hydrogens is 278 g/mol. The lowest BCUT2D eigenvalue weighted by atomic mass is 10.0. The molecule has 1 rings (SSSR count). The van der Waals surface area contributed by atoms with Crippen molar-refractivity contribution in [1.82, 2.24) is 15.6 Å². The highest BCUT2D eigenvalue weighted by molar-refractivity contribution is 5.87.